The average Bonchev–Trinajstić information content (AvgIpc) is 2.66. The molecular weight excluding hydrogens is 390 g/mol. The number of morpholine rings is 1. The van der Waals surface area contributed by atoms with Crippen LogP contribution in [0.5, 0.6) is 0 Å². The van der Waals surface area contributed by atoms with Crippen molar-refractivity contribution in [2.75, 3.05) is 24.2 Å². The minimum absolute atomic E-state index is 0.137. The maximum absolute atomic E-state index is 12.6. The second kappa shape index (κ2) is 8.51. The molecule has 2 aromatic rings. The maximum Gasteiger partial charge on any atom is 0.253 e. The first kappa shape index (κ1) is 21.3. The maximum atomic E-state index is 12.6. The van der Waals surface area contributed by atoms with E-state index in [4.69, 9.17) is 4.74 Å². The van der Waals surface area contributed by atoms with Gasteiger partial charge in [-0.25, -0.2) is 13.4 Å². The first-order valence-corrected chi connectivity index (χ1v) is 11.5. The predicted octanol–water partition coefficient (Wildman–Crippen LogP) is 2.59. The number of nitrogens with zero attached hydrogens (tertiary/aromatic N) is 2. The van der Waals surface area contributed by atoms with Crippen molar-refractivity contribution < 1.29 is 17.9 Å². The van der Waals surface area contributed by atoms with Crippen LogP contribution in [-0.4, -0.2) is 50.9 Å². The molecule has 1 N–H and O–H groups in total. The van der Waals surface area contributed by atoms with E-state index in [1.807, 2.05) is 26.8 Å². The van der Waals surface area contributed by atoms with Crippen molar-refractivity contribution in [1.29, 1.82) is 0 Å². The molecule has 3 rings (SSSR count). The van der Waals surface area contributed by atoms with Gasteiger partial charge >= 0.3 is 0 Å². The molecule has 1 aliphatic rings. The molecule has 1 saturated heterocycles. The lowest BCUT2D eigenvalue weighted by Gasteiger charge is -2.36. The number of pyridine rings is 1. The number of benzene rings is 1. The van der Waals surface area contributed by atoms with Crippen LogP contribution in [-0.2, 0) is 14.6 Å². The van der Waals surface area contributed by atoms with Crippen LogP contribution in [0.15, 0.2) is 47.5 Å². The Morgan fingerprint density at radius 2 is 1.76 bits per heavy atom. The highest BCUT2D eigenvalue weighted by atomic mass is 32.2. The molecule has 1 aromatic heterocycles. The van der Waals surface area contributed by atoms with Gasteiger partial charge in [0, 0.05) is 25.5 Å². The van der Waals surface area contributed by atoms with Gasteiger partial charge in [-0.15, -0.1) is 0 Å². The molecule has 8 heteroatoms. The standard InChI is InChI=1S/C21H27N3O4S/c1-14-12-24(13-15(2)28-14)20-10-7-18(11-22-20)21(25)23-16(3)17-5-8-19(9-6-17)29(4,26)27/h5-11,14-16H,12-13H2,1-4H3,(H,23,25)/t14-,15-,16+/m1/s1. The predicted molar refractivity (Wildman–Crippen MR) is 112 cm³/mol. The Hall–Kier alpha value is -2.45. The number of anilines is 1. The zero-order valence-electron chi connectivity index (χ0n) is 17.1. The third-order valence-corrected chi connectivity index (χ3v) is 6.04. The summed E-state index contributed by atoms with van der Waals surface area (Å²) in [6, 6.07) is 9.87. The number of sulfone groups is 1. The Kier molecular flexibility index (Phi) is 6.24. The lowest BCUT2D eigenvalue weighted by molar-refractivity contribution is -0.00546. The zero-order valence-corrected chi connectivity index (χ0v) is 17.9. The third kappa shape index (κ3) is 5.33. The molecule has 7 nitrogen and oxygen atoms in total. The first-order valence-electron chi connectivity index (χ1n) is 9.61. The number of rotatable bonds is 5. The number of nitrogens with one attached hydrogen (secondary N) is 1. The molecule has 1 fully saturated rings. The first-order chi connectivity index (χ1) is 13.6. The summed E-state index contributed by atoms with van der Waals surface area (Å²) in [5, 5.41) is 2.92. The lowest BCUT2D eigenvalue weighted by atomic mass is 10.1. The number of carbonyl (C=O) groups excluding carboxylic acids is 1. The van der Waals surface area contributed by atoms with E-state index in [1.54, 1.807) is 36.5 Å². The van der Waals surface area contributed by atoms with Crippen LogP contribution in [0.25, 0.3) is 0 Å². The number of hydrogen-bond donors (Lipinski definition) is 1. The summed E-state index contributed by atoms with van der Waals surface area (Å²) in [7, 11) is -3.24. The highest BCUT2D eigenvalue weighted by Gasteiger charge is 2.23. The van der Waals surface area contributed by atoms with Gasteiger partial charge in [-0.05, 0) is 50.6 Å². The van der Waals surface area contributed by atoms with E-state index in [0.29, 0.717) is 5.56 Å². The van der Waals surface area contributed by atoms with Gasteiger partial charge < -0.3 is 15.0 Å². The summed E-state index contributed by atoms with van der Waals surface area (Å²) in [4.78, 5) is 19.4. The minimum Gasteiger partial charge on any atom is -0.372 e. The van der Waals surface area contributed by atoms with Gasteiger partial charge in [0.1, 0.15) is 5.82 Å². The second-order valence-corrected chi connectivity index (χ2v) is 9.62. The van der Waals surface area contributed by atoms with Gasteiger partial charge in [0.2, 0.25) is 0 Å². The fraction of sp³-hybridized carbons (Fsp3) is 0.429. The Morgan fingerprint density at radius 1 is 1.14 bits per heavy atom. The van der Waals surface area contributed by atoms with Crippen LogP contribution in [0.3, 0.4) is 0 Å². The SMILES string of the molecule is C[C@@H]1CN(c2ccc(C(=O)N[C@@H](C)c3ccc(S(C)(=O)=O)cc3)cn2)C[C@@H](C)O1. The zero-order chi connectivity index (χ0) is 21.2. The second-order valence-electron chi connectivity index (χ2n) is 7.60. The molecule has 29 heavy (non-hydrogen) atoms. The minimum atomic E-state index is -3.24. The van der Waals surface area contributed by atoms with Crippen molar-refractivity contribution in [3.05, 3.63) is 53.7 Å². The molecule has 1 aromatic carbocycles. The third-order valence-electron chi connectivity index (χ3n) is 4.91. The Labute approximate surface area is 172 Å². The van der Waals surface area contributed by atoms with E-state index in [0.717, 1.165) is 24.5 Å². The Balaban J connectivity index is 1.64. The van der Waals surface area contributed by atoms with Crippen LogP contribution in [0.1, 0.15) is 42.7 Å². The number of ether oxygens (including phenoxy) is 1. The summed E-state index contributed by atoms with van der Waals surface area (Å²) in [6.07, 6.45) is 3.02. The Bertz CT molecular complexity index is 948. The van der Waals surface area contributed by atoms with E-state index in [9.17, 15) is 13.2 Å². The molecule has 0 spiro atoms. The molecule has 3 atom stereocenters. The number of amides is 1. The van der Waals surface area contributed by atoms with E-state index in [-0.39, 0.29) is 29.1 Å². The van der Waals surface area contributed by atoms with Crippen LogP contribution in [0, 0.1) is 0 Å². The molecule has 0 bridgehead atoms. The monoisotopic (exact) mass is 417 g/mol. The highest BCUT2D eigenvalue weighted by molar-refractivity contribution is 7.90. The fourth-order valence-corrected chi connectivity index (χ4v) is 4.07. The Morgan fingerprint density at radius 3 is 2.28 bits per heavy atom. The van der Waals surface area contributed by atoms with Gasteiger partial charge in [0.25, 0.3) is 5.91 Å². The van der Waals surface area contributed by atoms with Crippen molar-refractivity contribution in [3.8, 4) is 0 Å². The molecule has 1 aliphatic heterocycles. The van der Waals surface area contributed by atoms with E-state index in [2.05, 4.69) is 15.2 Å². The molecule has 0 saturated carbocycles. The van der Waals surface area contributed by atoms with Gasteiger partial charge in [-0.2, -0.15) is 0 Å². The van der Waals surface area contributed by atoms with Gasteiger partial charge in [0.15, 0.2) is 9.84 Å². The van der Waals surface area contributed by atoms with Crippen LogP contribution >= 0.6 is 0 Å². The summed E-state index contributed by atoms with van der Waals surface area (Å²) in [5.41, 5.74) is 1.30. The molecular formula is C21H27N3O4S. The van der Waals surface area contributed by atoms with Crippen molar-refractivity contribution in [2.24, 2.45) is 0 Å². The molecule has 0 aliphatic carbocycles. The average molecular weight is 418 g/mol. The molecule has 156 valence electrons. The van der Waals surface area contributed by atoms with Crippen molar-refractivity contribution in [3.63, 3.8) is 0 Å². The topological polar surface area (TPSA) is 88.6 Å². The van der Waals surface area contributed by atoms with E-state index < -0.39 is 9.84 Å². The summed E-state index contributed by atoms with van der Waals surface area (Å²) in [5.74, 6) is 0.598. The lowest BCUT2D eigenvalue weighted by Crippen LogP contribution is -2.45. The molecule has 1 amide bonds. The van der Waals surface area contributed by atoms with Gasteiger partial charge in [0.05, 0.1) is 28.7 Å². The molecule has 0 unspecified atom stereocenters. The van der Waals surface area contributed by atoms with Crippen LogP contribution in [0.4, 0.5) is 5.82 Å². The summed E-state index contributed by atoms with van der Waals surface area (Å²) >= 11 is 0. The fourth-order valence-electron chi connectivity index (χ4n) is 3.44. The van der Waals surface area contributed by atoms with Crippen molar-refractivity contribution >= 4 is 21.6 Å². The van der Waals surface area contributed by atoms with Gasteiger partial charge in [-0.3, -0.25) is 4.79 Å². The van der Waals surface area contributed by atoms with Crippen LogP contribution < -0.4 is 10.2 Å². The van der Waals surface area contributed by atoms with Crippen molar-refractivity contribution in [2.45, 2.75) is 43.9 Å². The normalized spacial score (nSPS) is 20.9. The number of carbonyl (C=O) groups is 1. The van der Waals surface area contributed by atoms with E-state index in [1.165, 1.54) is 6.26 Å². The van der Waals surface area contributed by atoms with Crippen molar-refractivity contribution in [1.82, 2.24) is 10.3 Å². The number of hydrogen-bond acceptors (Lipinski definition) is 6. The smallest absolute Gasteiger partial charge is 0.253 e. The number of aromatic nitrogens is 1. The largest absolute Gasteiger partial charge is 0.372 e. The quantitative estimate of drug-likeness (QED) is 0.804. The van der Waals surface area contributed by atoms with Crippen LogP contribution in [0.2, 0.25) is 0 Å². The summed E-state index contributed by atoms with van der Waals surface area (Å²) in [6.45, 7) is 7.46. The van der Waals surface area contributed by atoms with E-state index >= 15 is 0 Å². The van der Waals surface area contributed by atoms with Gasteiger partial charge in [-0.1, -0.05) is 12.1 Å². The highest BCUT2D eigenvalue weighted by Crippen LogP contribution is 2.20. The summed E-state index contributed by atoms with van der Waals surface area (Å²) < 4.78 is 28.9. The molecule has 2 heterocycles. The molecule has 0 radical (unpaired) electrons.